The molecule has 1 unspecified atom stereocenters. The Kier molecular flexibility index (Phi) is 6.33. The van der Waals surface area contributed by atoms with Gasteiger partial charge in [0.25, 0.3) is 0 Å². The Hall–Kier alpha value is -1.58. The van der Waals surface area contributed by atoms with Crippen molar-refractivity contribution in [3.8, 4) is 0 Å². The van der Waals surface area contributed by atoms with E-state index in [4.69, 9.17) is 0 Å². The van der Waals surface area contributed by atoms with E-state index in [0.29, 0.717) is 6.54 Å². The van der Waals surface area contributed by atoms with Gasteiger partial charge < -0.3 is 10.6 Å². The molecule has 0 bridgehead atoms. The largest absolute Gasteiger partial charge is 0.374 e. The van der Waals surface area contributed by atoms with Gasteiger partial charge in [0.1, 0.15) is 11.9 Å². The van der Waals surface area contributed by atoms with E-state index in [9.17, 15) is 9.18 Å². The monoisotopic (exact) mass is 266 g/mol. The standard InChI is InChI=1S/C15H23FN2O/c1-4-5-6-9-17-15(19)12(3)18-14-8-7-13(16)10-11(14)2/h7-8,10,12,18H,4-6,9H2,1-3H3,(H,17,19). The van der Waals surface area contributed by atoms with Crippen molar-refractivity contribution in [1.29, 1.82) is 0 Å². The van der Waals surface area contributed by atoms with Gasteiger partial charge in [-0.05, 0) is 44.0 Å². The molecule has 0 aliphatic carbocycles. The first-order valence-corrected chi connectivity index (χ1v) is 6.85. The van der Waals surface area contributed by atoms with E-state index in [0.717, 1.165) is 30.5 Å². The molecule has 19 heavy (non-hydrogen) atoms. The number of halogens is 1. The molecule has 0 saturated heterocycles. The number of unbranched alkanes of at least 4 members (excludes halogenated alkanes) is 2. The van der Waals surface area contributed by atoms with Gasteiger partial charge in [0.2, 0.25) is 5.91 Å². The Morgan fingerprint density at radius 1 is 1.37 bits per heavy atom. The van der Waals surface area contributed by atoms with Gasteiger partial charge in [-0.1, -0.05) is 19.8 Å². The van der Waals surface area contributed by atoms with E-state index < -0.39 is 0 Å². The number of anilines is 1. The lowest BCUT2D eigenvalue weighted by atomic mass is 10.1. The van der Waals surface area contributed by atoms with Crippen LogP contribution in [0.25, 0.3) is 0 Å². The molecule has 1 atom stereocenters. The molecule has 0 aromatic heterocycles. The van der Waals surface area contributed by atoms with Crippen molar-refractivity contribution in [3.05, 3.63) is 29.6 Å². The number of hydrogen-bond donors (Lipinski definition) is 2. The van der Waals surface area contributed by atoms with Crippen LogP contribution < -0.4 is 10.6 Å². The summed E-state index contributed by atoms with van der Waals surface area (Å²) >= 11 is 0. The van der Waals surface area contributed by atoms with Gasteiger partial charge in [-0.2, -0.15) is 0 Å². The summed E-state index contributed by atoms with van der Waals surface area (Å²) in [5, 5.41) is 5.99. The maximum Gasteiger partial charge on any atom is 0.242 e. The zero-order chi connectivity index (χ0) is 14.3. The van der Waals surface area contributed by atoms with Crippen molar-refractivity contribution in [2.75, 3.05) is 11.9 Å². The Morgan fingerprint density at radius 2 is 2.11 bits per heavy atom. The molecule has 0 heterocycles. The molecule has 0 radical (unpaired) electrons. The summed E-state index contributed by atoms with van der Waals surface area (Å²) in [6, 6.07) is 4.17. The molecule has 1 amide bonds. The average molecular weight is 266 g/mol. The van der Waals surface area contributed by atoms with E-state index in [-0.39, 0.29) is 17.8 Å². The number of aryl methyl sites for hydroxylation is 1. The summed E-state index contributed by atoms with van der Waals surface area (Å²) in [6.07, 6.45) is 3.27. The summed E-state index contributed by atoms with van der Waals surface area (Å²) in [7, 11) is 0. The van der Waals surface area contributed by atoms with Crippen molar-refractivity contribution in [2.24, 2.45) is 0 Å². The van der Waals surface area contributed by atoms with Crippen LogP contribution in [-0.4, -0.2) is 18.5 Å². The van der Waals surface area contributed by atoms with Crippen LogP contribution in [0.2, 0.25) is 0 Å². The molecule has 0 saturated carbocycles. The number of rotatable bonds is 7. The number of hydrogen-bond acceptors (Lipinski definition) is 2. The van der Waals surface area contributed by atoms with Crippen molar-refractivity contribution < 1.29 is 9.18 Å². The first kappa shape index (κ1) is 15.5. The van der Waals surface area contributed by atoms with Crippen molar-refractivity contribution in [1.82, 2.24) is 5.32 Å². The number of carbonyl (C=O) groups excluding carboxylic acids is 1. The highest BCUT2D eigenvalue weighted by Gasteiger charge is 2.12. The van der Waals surface area contributed by atoms with Gasteiger partial charge in [-0.15, -0.1) is 0 Å². The van der Waals surface area contributed by atoms with Gasteiger partial charge in [0.15, 0.2) is 0 Å². The highest BCUT2D eigenvalue weighted by Crippen LogP contribution is 2.16. The molecule has 3 nitrogen and oxygen atoms in total. The Balaban J connectivity index is 2.45. The molecule has 0 aliphatic rings. The Bertz CT molecular complexity index is 421. The number of amides is 1. The molecule has 4 heteroatoms. The number of benzene rings is 1. The predicted molar refractivity (Wildman–Crippen MR) is 76.8 cm³/mol. The Morgan fingerprint density at radius 3 is 2.74 bits per heavy atom. The predicted octanol–water partition coefficient (Wildman–Crippen LogP) is 3.24. The normalized spacial score (nSPS) is 12.0. The third-order valence-electron chi connectivity index (χ3n) is 3.03. The average Bonchev–Trinajstić information content (AvgIpc) is 2.37. The van der Waals surface area contributed by atoms with Crippen LogP contribution in [0, 0.1) is 12.7 Å². The van der Waals surface area contributed by atoms with Crippen LogP contribution in [-0.2, 0) is 4.79 Å². The van der Waals surface area contributed by atoms with Crippen molar-refractivity contribution >= 4 is 11.6 Å². The van der Waals surface area contributed by atoms with Crippen LogP contribution in [0.1, 0.15) is 38.7 Å². The molecule has 0 aliphatic heterocycles. The molecule has 1 rings (SSSR count). The summed E-state index contributed by atoms with van der Waals surface area (Å²) in [5.74, 6) is -0.292. The van der Waals surface area contributed by atoms with Crippen molar-refractivity contribution in [2.45, 2.75) is 46.1 Å². The zero-order valence-corrected chi connectivity index (χ0v) is 11.9. The molecule has 0 spiro atoms. The second-order valence-corrected chi connectivity index (χ2v) is 4.82. The minimum atomic E-state index is -0.328. The lowest BCUT2D eigenvalue weighted by Crippen LogP contribution is -2.38. The van der Waals surface area contributed by atoms with Gasteiger partial charge in [0, 0.05) is 12.2 Å². The van der Waals surface area contributed by atoms with Crippen molar-refractivity contribution in [3.63, 3.8) is 0 Å². The quantitative estimate of drug-likeness (QED) is 0.744. The summed E-state index contributed by atoms with van der Waals surface area (Å²) < 4.78 is 13.0. The van der Waals surface area contributed by atoms with Crippen LogP contribution in [0.4, 0.5) is 10.1 Å². The summed E-state index contributed by atoms with van der Waals surface area (Å²) in [4.78, 5) is 11.8. The first-order valence-electron chi connectivity index (χ1n) is 6.85. The smallest absolute Gasteiger partial charge is 0.242 e. The molecule has 0 fully saturated rings. The van der Waals surface area contributed by atoms with Crippen LogP contribution in [0.15, 0.2) is 18.2 Å². The topological polar surface area (TPSA) is 41.1 Å². The molecule has 2 N–H and O–H groups in total. The molecular weight excluding hydrogens is 243 g/mol. The zero-order valence-electron chi connectivity index (χ0n) is 11.9. The van der Waals surface area contributed by atoms with E-state index in [1.165, 1.54) is 12.1 Å². The third kappa shape index (κ3) is 5.28. The van der Waals surface area contributed by atoms with E-state index in [2.05, 4.69) is 17.6 Å². The summed E-state index contributed by atoms with van der Waals surface area (Å²) in [5.41, 5.74) is 1.59. The summed E-state index contributed by atoms with van der Waals surface area (Å²) in [6.45, 7) is 6.46. The molecule has 106 valence electrons. The fourth-order valence-electron chi connectivity index (χ4n) is 1.83. The SMILES string of the molecule is CCCCCNC(=O)C(C)Nc1ccc(F)cc1C. The highest BCUT2D eigenvalue weighted by atomic mass is 19.1. The fraction of sp³-hybridized carbons (Fsp3) is 0.533. The minimum absolute atomic E-state index is 0.0279. The lowest BCUT2D eigenvalue weighted by Gasteiger charge is -2.16. The van der Waals surface area contributed by atoms with E-state index in [1.807, 2.05) is 6.92 Å². The molecule has 1 aromatic carbocycles. The van der Waals surface area contributed by atoms with E-state index in [1.54, 1.807) is 13.0 Å². The van der Waals surface area contributed by atoms with Crippen LogP contribution in [0.3, 0.4) is 0 Å². The highest BCUT2D eigenvalue weighted by molar-refractivity contribution is 5.84. The maximum atomic E-state index is 13.0. The minimum Gasteiger partial charge on any atom is -0.374 e. The number of nitrogens with one attached hydrogen (secondary N) is 2. The first-order chi connectivity index (χ1) is 9.04. The molecular formula is C15H23FN2O. The second-order valence-electron chi connectivity index (χ2n) is 4.82. The van der Waals surface area contributed by atoms with Crippen LogP contribution in [0.5, 0.6) is 0 Å². The fourth-order valence-corrected chi connectivity index (χ4v) is 1.83. The maximum absolute atomic E-state index is 13.0. The number of carbonyl (C=O) groups is 1. The van der Waals surface area contributed by atoms with Crippen LogP contribution >= 0.6 is 0 Å². The van der Waals surface area contributed by atoms with Gasteiger partial charge in [-0.25, -0.2) is 4.39 Å². The van der Waals surface area contributed by atoms with Gasteiger partial charge >= 0.3 is 0 Å². The second kappa shape index (κ2) is 7.77. The van der Waals surface area contributed by atoms with Gasteiger partial charge in [0.05, 0.1) is 0 Å². The third-order valence-corrected chi connectivity index (χ3v) is 3.03. The van der Waals surface area contributed by atoms with E-state index >= 15 is 0 Å². The lowest BCUT2D eigenvalue weighted by molar-refractivity contribution is -0.121. The Labute approximate surface area is 114 Å². The molecule has 1 aromatic rings. The van der Waals surface area contributed by atoms with Gasteiger partial charge in [-0.3, -0.25) is 4.79 Å².